The van der Waals surface area contributed by atoms with Gasteiger partial charge >= 0.3 is 6.18 Å². The molecule has 0 bridgehead atoms. The molecule has 2 nitrogen and oxygen atoms in total. The molecular formula is C13H14F4O2. The fourth-order valence-corrected chi connectivity index (χ4v) is 2.27. The highest BCUT2D eigenvalue weighted by atomic mass is 19.4. The van der Waals surface area contributed by atoms with E-state index in [1.54, 1.807) is 0 Å². The number of hydrogen-bond donors (Lipinski definition) is 1. The van der Waals surface area contributed by atoms with Gasteiger partial charge < -0.3 is 9.84 Å². The van der Waals surface area contributed by atoms with Crippen LogP contribution in [0.4, 0.5) is 17.6 Å². The summed E-state index contributed by atoms with van der Waals surface area (Å²) in [5, 5.41) is 10.0. The summed E-state index contributed by atoms with van der Waals surface area (Å²) in [6.07, 6.45) is -4.72. The molecule has 19 heavy (non-hydrogen) atoms. The second-order valence-electron chi connectivity index (χ2n) is 4.63. The first-order chi connectivity index (χ1) is 8.91. The van der Waals surface area contributed by atoms with E-state index in [2.05, 4.69) is 0 Å². The van der Waals surface area contributed by atoms with Crippen molar-refractivity contribution in [3.05, 3.63) is 35.1 Å². The lowest BCUT2D eigenvalue weighted by atomic mass is 9.90. The van der Waals surface area contributed by atoms with Crippen LogP contribution in [-0.2, 0) is 10.9 Å². The summed E-state index contributed by atoms with van der Waals surface area (Å²) in [6.45, 7) is 0.797. The third-order valence-electron chi connectivity index (χ3n) is 3.29. The Labute approximate surface area is 108 Å². The molecule has 6 heteroatoms. The van der Waals surface area contributed by atoms with Gasteiger partial charge in [-0.3, -0.25) is 0 Å². The minimum Gasteiger partial charge on any atom is -0.388 e. The lowest BCUT2D eigenvalue weighted by molar-refractivity contribution is -0.140. The van der Waals surface area contributed by atoms with Gasteiger partial charge in [-0.1, -0.05) is 12.1 Å². The average molecular weight is 278 g/mol. The molecule has 0 aromatic heterocycles. The lowest BCUT2D eigenvalue weighted by Gasteiger charge is -2.27. The molecule has 0 radical (unpaired) electrons. The first-order valence-corrected chi connectivity index (χ1v) is 6.02. The molecule has 0 aliphatic carbocycles. The number of alkyl halides is 3. The molecule has 2 rings (SSSR count). The minimum atomic E-state index is -4.76. The van der Waals surface area contributed by atoms with Gasteiger partial charge in [0.05, 0.1) is 18.3 Å². The summed E-state index contributed by atoms with van der Waals surface area (Å²) in [6, 6.07) is 2.96. The summed E-state index contributed by atoms with van der Waals surface area (Å²) >= 11 is 0. The van der Waals surface area contributed by atoms with E-state index in [0.717, 1.165) is 6.07 Å². The Hall–Kier alpha value is -1.14. The fraction of sp³-hybridized carbons (Fsp3) is 0.538. The van der Waals surface area contributed by atoms with E-state index in [0.29, 0.717) is 25.5 Å². The van der Waals surface area contributed by atoms with Crippen molar-refractivity contribution in [3.8, 4) is 0 Å². The van der Waals surface area contributed by atoms with Gasteiger partial charge in [-0.05, 0) is 18.9 Å². The van der Waals surface area contributed by atoms with Crippen molar-refractivity contribution in [3.63, 3.8) is 0 Å². The molecule has 1 aliphatic heterocycles. The van der Waals surface area contributed by atoms with Crippen LogP contribution in [0.5, 0.6) is 0 Å². The van der Waals surface area contributed by atoms with Gasteiger partial charge in [0, 0.05) is 18.1 Å². The van der Waals surface area contributed by atoms with Crippen LogP contribution in [0.25, 0.3) is 0 Å². The molecule has 1 fully saturated rings. The maximum absolute atomic E-state index is 13.9. The van der Waals surface area contributed by atoms with E-state index in [1.807, 2.05) is 0 Å². The Bertz CT molecular complexity index is 439. The van der Waals surface area contributed by atoms with Gasteiger partial charge in [-0.25, -0.2) is 4.39 Å². The second kappa shape index (κ2) is 5.46. The summed E-state index contributed by atoms with van der Waals surface area (Å²) in [5.41, 5.74) is -1.66. The SMILES string of the molecule is OC(c1cccc(C(F)(F)F)c1F)C1CCCOC1. The first kappa shape index (κ1) is 14.3. The lowest BCUT2D eigenvalue weighted by Crippen LogP contribution is -2.25. The number of benzene rings is 1. The van der Waals surface area contributed by atoms with Crippen LogP contribution in [0.3, 0.4) is 0 Å². The third-order valence-corrected chi connectivity index (χ3v) is 3.29. The second-order valence-corrected chi connectivity index (χ2v) is 4.63. The summed E-state index contributed by atoms with van der Waals surface area (Å²) < 4.78 is 56.8. The quantitative estimate of drug-likeness (QED) is 0.841. The molecule has 1 saturated heterocycles. The van der Waals surface area contributed by atoms with Crippen LogP contribution < -0.4 is 0 Å². The van der Waals surface area contributed by atoms with Gasteiger partial charge in [0.2, 0.25) is 0 Å². The van der Waals surface area contributed by atoms with Gasteiger partial charge in [-0.2, -0.15) is 13.2 Å². The van der Waals surface area contributed by atoms with Crippen molar-refractivity contribution < 1.29 is 27.4 Å². The average Bonchev–Trinajstić information content (AvgIpc) is 2.38. The molecule has 2 unspecified atom stereocenters. The largest absolute Gasteiger partial charge is 0.419 e. The van der Waals surface area contributed by atoms with Crippen molar-refractivity contribution in [1.29, 1.82) is 0 Å². The predicted molar refractivity (Wildman–Crippen MR) is 59.9 cm³/mol. The molecule has 0 amide bonds. The van der Waals surface area contributed by atoms with Gasteiger partial charge in [0.1, 0.15) is 5.82 Å². The highest BCUT2D eigenvalue weighted by Crippen LogP contribution is 2.36. The highest BCUT2D eigenvalue weighted by Gasteiger charge is 2.36. The van der Waals surface area contributed by atoms with Crippen LogP contribution in [0.1, 0.15) is 30.1 Å². The van der Waals surface area contributed by atoms with Crippen LogP contribution >= 0.6 is 0 Å². The zero-order valence-electron chi connectivity index (χ0n) is 10.1. The summed E-state index contributed by atoms with van der Waals surface area (Å²) in [5.74, 6) is -1.76. The van der Waals surface area contributed by atoms with Crippen molar-refractivity contribution in [2.24, 2.45) is 5.92 Å². The monoisotopic (exact) mass is 278 g/mol. The molecule has 0 saturated carbocycles. The van der Waals surface area contributed by atoms with Crippen LogP contribution in [0.2, 0.25) is 0 Å². The number of hydrogen-bond acceptors (Lipinski definition) is 2. The summed E-state index contributed by atoms with van der Waals surface area (Å²) in [7, 11) is 0. The topological polar surface area (TPSA) is 29.5 Å². The zero-order chi connectivity index (χ0) is 14.0. The van der Waals surface area contributed by atoms with E-state index in [9.17, 15) is 22.7 Å². The van der Waals surface area contributed by atoms with Crippen LogP contribution in [0.15, 0.2) is 18.2 Å². The van der Waals surface area contributed by atoms with Crippen molar-refractivity contribution in [1.82, 2.24) is 0 Å². The Kier molecular flexibility index (Phi) is 4.10. The van der Waals surface area contributed by atoms with E-state index in [1.165, 1.54) is 6.07 Å². The maximum atomic E-state index is 13.9. The zero-order valence-corrected chi connectivity index (χ0v) is 10.1. The molecule has 2 atom stereocenters. The van der Waals surface area contributed by atoms with Gasteiger partial charge in [-0.15, -0.1) is 0 Å². The van der Waals surface area contributed by atoms with Crippen molar-refractivity contribution >= 4 is 0 Å². The normalized spacial score (nSPS) is 22.3. The van der Waals surface area contributed by atoms with Gasteiger partial charge in [0.15, 0.2) is 0 Å². The van der Waals surface area contributed by atoms with Crippen molar-refractivity contribution in [2.45, 2.75) is 25.1 Å². The Morgan fingerprint density at radius 1 is 1.32 bits per heavy atom. The van der Waals surface area contributed by atoms with Gasteiger partial charge in [0.25, 0.3) is 0 Å². The molecule has 0 spiro atoms. The molecule has 1 aliphatic rings. The van der Waals surface area contributed by atoms with Crippen molar-refractivity contribution in [2.75, 3.05) is 13.2 Å². The van der Waals surface area contributed by atoms with Crippen LogP contribution in [-0.4, -0.2) is 18.3 Å². The molecular weight excluding hydrogens is 264 g/mol. The molecule has 1 heterocycles. The Morgan fingerprint density at radius 2 is 2.05 bits per heavy atom. The standard InChI is InChI=1S/C13H14F4O2/c14-11-9(4-1-5-10(11)13(15,16)17)12(18)8-3-2-6-19-7-8/h1,4-5,8,12,18H,2-3,6-7H2. The molecule has 1 aromatic rings. The maximum Gasteiger partial charge on any atom is 0.419 e. The predicted octanol–water partition coefficient (Wildman–Crippen LogP) is 3.30. The number of ether oxygens (including phenoxy) is 1. The van der Waals surface area contributed by atoms with Crippen LogP contribution in [0, 0.1) is 11.7 Å². The third kappa shape index (κ3) is 3.06. The molecule has 1 aromatic carbocycles. The minimum absolute atomic E-state index is 0.233. The number of rotatable bonds is 2. The van der Waals surface area contributed by atoms with E-state index < -0.39 is 23.7 Å². The van der Waals surface area contributed by atoms with E-state index in [-0.39, 0.29) is 18.1 Å². The number of aliphatic hydroxyl groups is 1. The Balaban J connectivity index is 2.29. The highest BCUT2D eigenvalue weighted by molar-refractivity contribution is 5.30. The van der Waals surface area contributed by atoms with E-state index in [4.69, 9.17) is 4.74 Å². The smallest absolute Gasteiger partial charge is 0.388 e. The van der Waals surface area contributed by atoms with E-state index >= 15 is 0 Å². The number of aliphatic hydroxyl groups excluding tert-OH is 1. The number of halogens is 4. The first-order valence-electron chi connectivity index (χ1n) is 6.02. The molecule has 1 N–H and O–H groups in total. The Morgan fingerprint density at radius 3 is 2.63 bits per heavy atom. The fourth-order valence-electron chi connectivity index (χ4n) is 2.27. The summed E-state index contributed by atoms with van der Waals surface area (Å²) in [4.78, 5) is 0. The molecule has 106 valence electrons.